The predicted molar refractivity (Wildman–Crippen MR) is 50.1 cm³/mol. The second-order valence-electron chi connectivity index (χ2n) is 2.66. The summed E-state index contributed by atoms with van der Waals surface area (Å²) >= 11 is 0. The van der Waals surface area contributed by atoms with Crippen molar-refractivity contribution in [1.82, 2.24) is 5.48 Å². The molecule has 0 bridgehead atoms. The van der Waals surface area contributed by atoms with Gasteiger partial charge in [0.2, 0.25) is 0 Å². The van der Waals surface area contributed by atoms with Crippen LogP contribution in [-0.2, 0) is 14.4 Å². The molecule has 0 saturated heterocycles. The summed E-state index contributed by atoms with van der Waals surface area (Å²) in [6, 6.07) is 0. The minimum Gasteiger partial charge on any atom is -0.478 e. The van der Waals surface area contributed by atoms with Crippen LogP contribution in [0.15, 0.2) is 11.6 Å². The van der Waals surface area contributed by atoms with E-state index in [-0.39, 0.29) is 5.57 Å². The molecule has 0 aliphatic carbocycles. The number of hydroxylamine groups is 1. The Kier molecular flexibility index (Phi) is 6.39. The predicted octanol–water partition coefficient (Wildman–Crippen LogP) is 0.679. The number of nitrogens with one attached hydrogen (secondary N) is 1. The molecular weight excluding hydrogens is 186 g/mol. The van der Waals surface area contributed by atoms with E-state index in [4.69, 9.17) is 5.11 Å². The second kappa shape index (κ2) is 7.08. The van der Waals surface area contributed by atoms with Crippen molar-refractivity contribution in [2.45, 2.75) is 19.8 Å². The Morgan fingerprint density at radius 2 is 2.21 bits per heavy atom. The van der Waals surface area contributed by atoms with E-state index in [0.29, 0.717) is 6.54 Å². The third-order valence-electron chi connectivity index (χ3n) is 1.37. The van der Waals surface area contributed by atoms with Crippen molar-refractivity contribution in [1.29, 1.82) is 0 Å². The first-order valence-electron chi connectivity index (χ1n) is 4.22. The Morgan fingerprint density at radius 3 is 2.71 bits per heavy atom. The van der Waals surface area contributed by atoms with Gasteiger partial charge in [0.1, 0.15) is 0 Å². The number of carbonyl (C=O) groups excluding carboxylic acids is 1. The number of rotatable bonds is 6. The first-order valence-corrected chi connectivity index (χ1v) is 4.22. The third kappa shape index (κ3) is 6.19. The van der Waals surface area contributed by atoms with Gasteiger partial charge in [-0.25, -0.2) is 9.59 Å². The lowest BCUT2D eigenvalue weighted by Crippen LogP contribution is -2.20. The lowest BCUT2D eigenvalue weighted by molar-refractivity contribution is -0.145. The van der Waals surface area contributed by atoms with E-state index in [1.807, 2.05) is 0 Å². The fourth-order valence-electron chi connectivity index (χ4n) is 0.587. The molecular formula is C9H14NO4. The van der Waals surface area contributed by atoms with Crippen LogP contribution >= 0.6 is 0 Å². The molecule has 0 aliphatic heterocycles. The van der Waals surface area contributed by atoms with E-state index in [9.17, 15) is 9.59 Å². The molecule has 5 heteroatoms. The van der Waals surface area contributed by atoms with E-state index in [2.05, 4.69) is 17.2 Å². The summed E-state index contributed by atoms with van der Waals surface area (Å²) < 4.78 is 0. The summed E-state index contributed by atoms with van der Waals surface area (Å²) in [5.41, 5.74) is 2.34. The molecule has 2 N–H and O–H groups in total. The van der Waals surface area contributed by atoms with E-state index in [0.717, 1.165) is 18.9 Å². The molecule has 0 unspecified atom stereocenters. The van der Waals surface area contributed by atoms with Crippen LogP contribution in [0.2, 0.25) is 0 Å². The van der Waals surface area contributed by atoms with Crippen LogP contribution in [0.3, 0.4) is 0 Å². The number of aliphatic carboxylic acids is 1. The first-order chi connectivity index (χ1) is 6.57. The fourth-order valence-corrected chi connectivity index (χ4v) is 0.587. The summed E-state index contributed by atoms with van der Waals surface area (Å²) in [4.78, 5) is 25.7. The van der Waals surface area contributed by atoms with Gasteiger partial charge in [-0.1, -0.05) is 13.3 Å². The summed E-state index contributed by atoms with van der Waals surface area (Å²) in [6.07, 6.45) is 2.45. The molecule has 0 aromatic rings. The minimum absolute atomic E-state index is 0.0611. The average Bonchev–Trinajstić information content (AvgIpc) is 2.12. The van der Waals surface area contributed by atoms with Crippen LogP contribution in [-0.4, -0.2) is 23.6 Å². The number of hydrogen-bond acceptors (Lipinski definition) is 4. The maximum atomic E-state index is 10.9. The van der Waals surface area contributed by atoms with E-state index in [1.54, 1.807) is 0 Å². The SMILES string of the molecule is [CH2]CCCNOC(=O)/C=C(/C)C(=O)O. The quantitative estimate of drug-likeness (QED) is 0.374. The van der Waals surface area contributed by atoms with Crippen LogP contribution in [0.25, 0.3) is 0 Å². The van der Waals surface area contributed by atoms with Crippen LogP contribution in [0.5, 0.6) is 0 Å². The molecule has 0 aromatic heterocycles. The van der Waals surface area contributed by atoms with Crippen molar-refractivity contribution in [2.75, 3.05) is 6.54 Å². The zero-order valence-electron chi connectivity index (χ0n) is 8.08. The van der Waals surface area contributed by atoms with Crippen molar-refractivity contribution in [3.8, 4) is 0 Å². The Balaban J connectivity index is 3.75. The smallest absolute Gasteiger partial charge is 0.349 e. The molecule has 14 heavy (non-hydrogen) atoms. The van der Waals surface area contributed by atoms with Crippen LogP contribution in [0.4, 0.5) is 0 Å². The van der Waals surface area contributed by atoms with Crippen LogP contribution in [0, 0.1) is 6.92 Å². The molecule has 1 radical (unpaired) electrons. The molecule has 0 saturated carbocycles. The zero-order valence-corrected chi connectivity index (χ0v) is 8.08. The Morgan fingerprint density at radius 1 is 1.57 bits per heavy atom. The van der Waals surface area contributed by atoms with E-state index in [1.165, 1.54) is 6.92 Å². The maximum Gasteiger partial charge on any atom is 0.349 e. The number of carbonyl (C=O) groups is 2. The van der Waals surface area contributed by atoms with Gasteiger partial charge < -0.3 is 9.94 Å². The average molecular weight is 200 g/mol. The highest BCUT2D eigenvalue weighted by atomic mass is 16.7. The molecule has 0 fully saturated rings. The molecule has 0 heterocycles. The van der Waals surface area contributed by atoms with Gasteiger partial charge in [0.25, 0.3) is 0 Å². The largest absolute Gasteiger partial charge is 0.478 e. The van der Waals surface area contributed by atoms with Gasteiger partial charge in [0.15, 0.2) is 0 Å². The molecule has 0 spiro atoms. The molecule has 79 valence electrons. The van der Waals surface area contributed by atoms with Gasteiger partial charge in [0.05, 0.1) is 0 Å². The highest BCUT2D eigenvalue weighted by Gasteiger charge is 2.04. The molecule has 0 atom stereocenters. The van der Waals surface area contributed by atoms with Crippen LogP contribution in [0.1, 0.15) is 19.8 Å². The lowest BCUT2D eigenvalue weighted by atomic mass is 10.3. The highest BCUT2D eigenvalue weighted by Crippen LogP contribution is 1.92. The first kappa shape index (κ1) is 12.6. The van der Waals surface area contributed by atoms with Crippen molar-refractivity contribution in [3.63, 3.8) is 0 Å². The zero-order chi connectivity index (χ0) is 11.0. The van der Waals surface area contributed by atoms with Crippen molar-refractivity contribution < 1.29 is 19.5 Å². The van der Waals surface area contributed by atoms with E-state index < -0.39 is 11.9 Å². The summed E-state index contributed by atoms with van der Waals surface area (Å²) in [5, 5.41) is 8.44. The van der Waals surface area contributed by atoms with Gasteiger partial charge >= 0.3 is 11.9 Å². The number of hydrogen-bond donors (Lipinski definition) is 2. The summed E-state index contributed by atoms with van der Waals surface area (Å²) in [5.74, 6) is -1.85. The standard InChI is InChI=1S/C9H14NO4/c1-3-4-5-10-14-8(11)6-7(2)9(12)13/h6,10H,1,3-5H2,2H3,(H,12,13)/b7-6-. The molecule has 0 rings (SSSR count). The topological polar surface area (TPSA) is 75.6 Å². The third-order valence-corrected chi connectivity index (χ3v) is 1.37. The molecule has 0 aromatic carbocycles. The highest BCUT2D eigenvalue weighted by molar-refractivity contribution is 5.94. The van der Waals surface area contributed by atoms with Gasteiger partial charge in [-0.05, 0) is 13.3 Å². The van der Waals surface area contributed by atoms with Gasteiger partial charge in [-0.15, -0.1) is 0 Å². The maximum absolute atomic E-state index is 10.9. The second-order valence-corrected chi connectivity index (χ2v) is 2.66. The van der Waals surface area contributed by atoms with Gasteiger partial charge in [-0.3, -0.25) is 0 Å². The fraction of sp³-hybridized carbons (Fsp3) is 0.444. The molecule has 0 aliphatic rings. The Hall–Kier alpha value is -1.36. The molecule has 5 nitrogen and oxygen atoms in total. The normalized spacial score (nSPS) is 11.1. The summed E-state index contributed by atoms with van der Waals surface area (Å²) in [7, 11) is 0. The molecule has 0 amide bonds. The van der Waals surface area contributed by atoms with E-state index >= 15 is 0 Å². The number of carboxylic acids is 1. The lowest BCUT2D eigenvalue weighted by Gasteiger charge is -2.01. The monoisotopic (exact) mass is 200 g/mol. The number of unbranched alkanes of at least 4 members (excludes halogenated alkanes) is 1. The van der Waals surface area contributed by atoms with Crippen molar-refractivity contribution in [3.05, 3.63) is 18.6 Å². The Labute approximate surface area is 82.7 Å². The van der Waals surface area contributed by atoms with Gasteiger partial charge in [0, 0.05) is 18.2 Å². The van der Waals surface area contributed by atoms with Crippen molar-refractivity contribution in [2.24, 2.45) is 0 Å². The van der Waals surface area contributed by atoms with Crippen molar-refractivity contribution >= 4 is 11.9 Å². The minimum atomic E-state index is -1.14. The number of carboxylic acid groups (broad SMARTS) is 1. The summed E-state index contributed by atoms with van der Waals surface area (Å²) in [6.45, 7) is 5.43. The van der Waals surface area contributed by atoms with Crippen LogP contribution < -0.4 is 5.48 Å². The Bertz CT molecular complexity index is 235. The van der Waals surface area contributed by atoms with Gasteiger partial charge in [-0.2, -0.15) is 5.48 Å².